The number of carbonyl (C=O) groups is 2. The third-order valence-corrected chi connectivity index (χ3v) is 5.71. The molecule has 2 aliphatic rings. The molecule has 2 amide bonds. The lowest BCUT2D eigenvalue weighted by Crippen LogP contribution is -2.30. The second-order valence-corrected chi connectivity index (χ2v) is 8.06. The highest BCUT2D eigenvalue weighted by atomic mass is 16.5. The summed E-state index contributed by atoms with van der Waals surface area (Å²) in [5.41, 5.74) is 2.93. The Morgan fingerprint density at radius 2 is 1.48 bits per heavy atom. The number of nitrogens with zero attached hydrogens (tertiary/aromatic N) is 1. The summed E-state index contributed by atoms with van der Waals surface area (Å²) in [6, 6.07) is 13.3. The number of hydrogen-bond donors (Lipinski definition) is 0. The van der Waals surface area contributed by atoms with Gasteiger partial charge < -0.3 is 4.74 Å². The van der Waals surface area contributed by atoms with Gasteiger partial charge in [0.25, 0.3) is 0 Å². The van der Waals surface area contributed by atoms with E-state index in [4.69, 9.17) is 4.74 Å². The molecule has 0 N–H and O–H groups in total. The summed E-state index contributed by atoms with van der Waals surface area (Å²) in [7, 11) is 0. The highest BCUT2D eigenvalue weighted by Gasteiger charge is 2.49. The first-order valence-electron chi connectivity index (χ1n) is 9.66. The predicted molar refractivity (Wildman–Crippen MR) is 105 cm³/mol. The molecule has 1 aliphatic heterocycles. The third-order valence-electron chi connectivity index (χ3n) is 5.71. The predicted octanol–water partition coefficient (Wildman–Crippen LogP) is 5.02. The molecule has 27 heavy (non-hydrogen) atoms. The molecule has 1 heterocycles. The molecule has 0 aromatic heterocycles. The molecule has 4 nitrogen and oxygen atoms in total. The van der Waals surface area contributed by atoms with Crippen molar-refractivity contribution in [3.63, 3.8) is 0 Å². The van der Waals surface area contributed by atoms with Gasteiger partial charge in [0.05, 0.1) is 17.5 Å². The first kappa shape index (κ1) is 17.8. The van der Waals surface area contributed by atoms with E-state index in [-0.39, 0.29) is 23.7 Å². The van der Waals surface area contributed by atoms with Gasteiger partial charge in [-0.15, -0.1) is 0 Å². The molecular formula is C23H25NO3. The molecule has 0 radical (unpaired) electrons. The average molecular weight is 363 g/mol. The van der Waals surface area contributed by atoms with Crippen molar-refractivity contribution < 1.29 is 14.3 Å². The number of rotatable bonds is 3. The average Bonchev–Trinajstić information content (AvgIpc) is 2.85. The van der Waals surface area contributed by atoms with Gasteiger partial charge in [0.2, 0.25) is 11.8 Å². The SMILES string of the molecule is Cc1cc(C)cc(Oc2ccc(N3C(=O)[C@H]4CC[C@@H](C)C[C@@H]4C3=O)cc2)c1. The van der Waals surface area contributed by atoms with Crippen molar-refractivity contribution in [2.45, 2.75) is 40.0 Å². The maximum Gasteiger partial charge on any atom is 0.237 e. The van der Waals surface area contributed by atoms with Crippen LogP contribution in [0.2, 0.25) is 0 Å². The minimum Gasteiger partial charge on any atom is -0.457 e. The van der Waals surface area contributed by atoms with Crippen molar-refractivity contribution in [1.82, 2.24) is 0 Å². The zero-order chi connectivity index (χ0) is 19.1. The Balaban J connectivity index is 1.53. The van der Waals surface area contributed by atoms with Crippen molar-refractivity contribution in [3.8, 4) is 11.5 Å². The monoisotopic (exact) mass is 363 g/mol. The van der Waals surface area contributed by atoms with Crippen molar-refractivity contribution in [2.75, 3.05) is 4.90 Å². The van der Waals surface area contributed by atoms with Crippen LogP contribution in [0.15, 0.2) is 42.5 Å². The lowest BCUT2D eigenvalue weighted by atomic mass is 9.76. The van der Waals surface area contributed by atoms with Crippen molar-refractivity contribution >= 4 is 17.5 Å². The van der Waals surface area contributed by atoms with E-state index in [9.17, 15) is 9.59 Å². The summed E-state index contributed by atoms with van der Waals surface area (Å²) in [6.07, 6.45) is 2.66. The number of fused-ring (bicyclic) bond motifs is 1. The van der Waals surface area contributed by atoms with Gasteiger partial charge in [0.1, 0.15) is 11.5 Å². The number of aryl methyl sites for hydroxylation is 2. The van der Waals surface area contributed by atoms with Gasteiger partial charge in [0, 0.05) is 0 Å². The van der Waals surface area contributed by atoms with Crippen molar-refractivity contribution in [2.24, 2.45) is 17.8 Å². The smallest absolute Gasteiger partial charge is 0.237 e. The molecule has 140 valence electrons. The third kappa shape index (κ3) is 3.36. The Morgan fingerprint density at radius 3 is 2.15 bits per heavy atom. The summed E-state index contributed by atoms with van der Waals surface area (Å²) < 4.78 is 5.93. The number of carbonyl (C=O) groups excluding carboxylic acids is 2. The number of ether oxygens (including phenoxy) is 1. The van der Waals surface area contributed by atoms with Crippen LogP contribution in [0.4, 0.5) is 5.69 Å². The first-order chi connectivity index (χ1) is 12.9. The number of benzene rings is 2. The van der Waals surface area contributed by atoms with E-state index in [1.807, 2.05) is 38.1 Å². The number of anilines is 1. The zero-order valence-corrected chi connectivity index (χ0v) is 16.1. The second-order valence-electron chi connectivity index (χ2n) is 8.06. The highest BCUT2D eigenvalue weighted by molar-refractivity contribution is 6.22. The molecule has 2 aromatic rings. The van der Waals surface area contributed by atoms with Crippen LogP contribution in [0.5, 0.6) is 11.5 Å². The fourth-order valence-electron chi connectivity index (χ4n) is 4.44. The molecule has 4 heteroatoms. The van der Waals surface area contributed by atoms with Gasteiger partial charge in [-0.1, -0.05) is 13.0 Å². The topological polar surface area (TPSA) is 46.6 Å². The molecule has 0 spiro atoms. The van der Waals surface area contributed by atoms with Crippen molar-refractivity contribution in [3.05, 3.63) is 53.6 Å². The standard InChI is InChI=1S/C23H25NO3/c1-14-4-9-20-21(13-14)23(26)24(22(20)25)17-5-7-18(8-6-17)27-19-11-15(2)10-16(3)12-19/h5-8,10-12,14,20-21H,4,9,13H2,1-3H3/t14-,20+,21+/m1/s1. The molecule has 3 atom stereocenters. The van der Waals surface area contributed by atoms with Crippen LogP contribution >= 0.6 is 0 Å². The number of hydrogen-bond acceptors (Lipinski definition) is 3. The normalized spacial score (nSPS) is 24.9. The van der Waals surface area contributed by atoms with Gasteiger partial charge in [-0.3, -0.25) is 14.5 Å². The van der Waals surface area contributed by atoms with E-state index in [0.717, 1.165) is 36.1 Å². The Bertz CT molecular complexity index is 867. The van der Waals surface area contributed by atoms with E-state index in [1.165, 1.54) is 4.90 Å². The van der Waals surface area contributed by atoms with E-state index in [2.05, 4.69) is 13.0 Å². The van der Waals surface area contributed by atoms with Crippen LogP contribution in [0.25, 0.3) is 0 Å². The van der Waals surface area contributed by atoms with Crippen molar-refractivity contribution in [1.29, 1.82) is 0 Å². The Morgan fingerprint density at radius 1 is 0.852 bits per heavy atom. The van der Waals surface area contributed by atoms with Crippen LogP contribution in [0, 0.1) is 31.6 Å². The van der Waals surface area contributed by atoms with Gasteiger partial charge in [0.15, 0.2) is 0 Å². The van der Waals surface area contributed by atoms with Gasteiger partial charge in [-0.2, -0.15) is 0 Å². The molecular weight excluding hydrogens is 338 g/mol. The maximum atomic E-state index is 12.8. The largest absolute Gasteiger partial charge is 0.457 e. The molecule has 4 rings (SSSR count). The summed E-state index contributed by atoms with van der Waals surface area (Å²) in [4.78, 5) is 27.0. The summed E-state index contributed by atoms with van der Waals surface area (Å²) in [5.74, 6) is 1.62. The van der Waals surface area contributed by atoms with Gasteiger partial charge in [-0.05, 0) is 86.6 Å². The van der Waals surface area contributed by atoms with Crippen LogP contribution in [0.3, 0.4) is 0 Å². The Kier molecular flexibility index (Phi) is 4.50. The van der Waals surface area contributed by atoms with Gasteiger partial charge >= 0.3 is 0 Å². The number of imide groups is 1. The van der Waals surface area contributed by atoms with E-state index < -0.39 is 0 Å². The molecule has 2 aromatic carbocycles. The fraction of sp³-hybridized carbons (Fsp3) is 0.391. The zero-order valence-electron chi connectivity index (χ0n) is 16.1. The molecule has 0 unspecified atom stereocenters. The van der Waals surface area contributed by atoms with Crippen LogP contribution in [0.1, 0.15) is 37.3 Å². The minimum atomic E-state index is -0.146. The lowest BCUT2D eigenvalue weighted by molar-refractivity contribution is -0.122. The Labute approximate surface area is 160 Å². The lowest BCUT2D eigenvalue weighted by Gasteiger charge is -2.25. The quantitative estimate of drug-likeness (QED) is 0.719. The second kappa shape index (κ2) is 6.84. The van der Waals surface area contributed by atoms with E-state index >= 15 is 0 Å². The fourth-order valence-corrected chi connectivity index (χ4v) is 4.44. The first-order valence-corrected chi connectivity index (χ1v) is 9.66. The van der Waals surface area contributed by atoms with Crippen LogP contribution in [-0.2, 0) is 9.59 Å². The molecule has 0 bridgehead atoms. The highest BCUT2D eigenvalue weighted by Crippen LogP contribution is 2.42. The van der Waals surface area contributed by atoms with Gasteiger partial charge in [-0.25, -0.2) is 0 Å². The summed E-state index contributed by atoms with van der Waals surface area (Å²) in [6.45, 7) is 6.23. The molecule has 1 aliphatic carbocycles. The number of amides is 2. The molecule has 2 fully saturated rings. The summed E-state index contributed by atoms with van der Waals surface area (Å²) in [5, 5.41) is 0. The van der Waals surface area contributed by atoms with Crippen LogP contribution < -0.4 is 9.64 Å². The van der Waals surface area contributed by atoms with E-state index in [1.54, 1.807) is 12.1 Å². The molecule has 1 saturated carbocycles. The minimum absolute atomic E-state index is 0.0418. The Hall–Kier alpha value is -2.62. The summed E-state index contributed by atoms with van der Waals surface area (Å²) >= 11 is 0. The maximum absolute atomic E-state index is 12.8. The van der Waals surface area contributed by atoms with E-state index in [0.29, 0.717) is 17.4 Å². The molecule has 1 saturated heterocycles. The van der Waals surface area contributed by atoms with Crippen LogP contribution in [-0.4, -0.2) is 11.8 Å².